The van der Waals surface area contributed by atoms with Crippen molar-refractivity contribution in [2.45, 2.75) is 12.5 Å². The Morgan fingerprint density at radius 2 is 1.39 bits per heavy atom. The van der Waals surface area contributed by atoms with Crippen LogP contribution in [0.1, 0.15) is 22.0 Å². The van der Waals surface area contributed by atoms with Gasteiger partial charge in [0, 0.05) is 33.2 Å². The highest BCUT2D eigenvalue weighted by molar-refractivity contribution is 9.10. The first-order chi connectivity index (χ1) is 19.8. The molecular weight excluding hydrogens is 604 g/mol. The lowest BCUT2D eigenvalue weighted by Gasteiger charge is -2.19. The minimum Gasteiger partial charge on any atom is -0.480 e. The average Bonchev–Trinajstić information content (AvgIpc) is 2.99. The number of benzene rings is 4. The molecule has 4 aromatic carbocycles. The summed E-state index contributed by atoms with van der Waals surface area (Å²) in [4.78, 5) is 39.3. The first kappa shape index (κ1) is 28.1. The Morgan fingerprint density at radius 3 is 2.02 bits per heavy atom. The number of amides is 1. The van der Waals surface area contributed by atoms with E-state index in [0.29, 0.717) is 21.7 Å². The predicted molar refractivity (Wildman–Crippen MR) is 165 cm³/mol. The SMILES string of the molecule is O=C(Nc1cc(-c2ccc(Br)cc2)cn(C(Cc2ccc(Cl)cc2)C(=O)O)c1=O)c1ccc(-c2ccccc2)cc1. The van der Waals surface area contributed by atoms with E-state index >= 15 is 0 Å². The zero-order valence-electron chi connectivity index (χ0n) is 21.6. The zero-order valence-corrected chi connectivity index (χ0v) is 24.0. The van der Waals surface area contributed by atoms with Crippen LogP contribution in [0.4, 0.5) is 5.69 Å². The van der Waals surface area contributed by atoms with Crippen molar-refractivity contribution in [3.63, 3.8) is 0 Å². The molecule has 0 bridgehead atoms. The number of nitrogens with one attached hydrogen (secondary N) is 1. The number of carbonyl (C=O) groups is 2. The predicted octanol–water partition coefficient (Wildman–Crippen LogP) is 7.72. The van der Waals surface area contributed by atoms with Crippen molar-refractivity contribution in [1.29, 1.82) is 0 Å². The minimum absolute atomic E-state index is 0.0232. The van der Waals surface area contributed by atoms with Crippen molar-refractivity contribution in [3.05, 3.63) is 146 Å². The number of rotatable bonds is 8. The van der Waals surface area contributed by atoms with Crippen LogP contribution in [0.3, 0.4) is 0 Å². The van der Waals surface area contributed by atoms with Gasteiger partial charge in [-0.25, -0.2) is 4.79 Å². The summed E-state index contributed by atoms with van der Waals surface area (Å²) in [5, 5.41) is 13.4. The van der Waals surface area contributed by atoms with Crippen LogP contribution >= 0.6 is 27.5 Å². The second kappa shape index (κ2) is 12.4. The van der Waals surface area contributed by atoms with Gasteiger partial charge >= 0.3 is 5.97 Å². The lowest BCUT2D eigenvalue weighted by molar-refractivity contribution is -0.141. The highest BCUT2D eigenvalue weighted by atomic mass is 79.9. The first-order valence-corrected chi connectivity index (χ1v) is 13.9. The van der Waals surface area contributed by atoms with Crippen LogP contribution in [-0.2, 0) is 11.2 Å². The van der Waals surface area contributed by atoms with Crippen LogP contribution in [-0.4, -0.2) is 21.6 Å². The molecule has 5 rings (SSSR count). The number of halogens is 2. The Bertz CT molecular complexity index is 1750. The number of nitrogens with zero attached hydrogens (tertiary/aromatic N) is 1. The van der Waals surface area contributed by atoms with E-state index in [1.165, 1.54) is 10.8 Å². The van der Waals surface area contributed by atoms with Gasteiger partial charge in [0.25, 0.3) is 11.5 Å². The number of hydrogen-bond acceptors (Lipinski definition) is 3. The molecule has 2 N–H and O–H groups in total. The summed E-state index contributed by atoms with van der Waals surface area (Å²) in [5.74, 6) is -1.66. The van der Waals surface area contributed by atoms with Gasteiger partial charge in [0.2, 0.25) is 0 Å². The number of carboxylic acids is 1. The van der Waals surface area contributed by atoms with Crippen molar-refractivity contribution in [1.82, 2.24) is 4.57 Å². The van der Waals surface area contributed by atoms with Gasteiger partial charge in [-0.05, 0) is 64.7 Å². The van der Waals surface area contributed by atoms with Crippen LogP contribution in [0.15, 0.2) is 125 Å². The van der Waals surface area contributed by atoms with Crippen molar-refractivity contribution in [2.75, 3.05) is 5.32 Å². The van der Waals surface area contributed by atoms with Gasteiger partial charge in [-0.15, -0.1) is 0 Å². The monoisotopic (exact) mass is 626 g/mol. The second-order valence-corrected chi connectivity index (χ2v) is 10.8. The number of carbonyl (C=O) groups excluding carboxylic acids is 1. The maximum Gasteiger partial charge on any atom is 0.327 e. The zero-order chi connectivity index (χ0) is 28.9. The maximum atomic E-state index is 13.7. The third kappa shape index (κ3) is 6.65. The van der Waals surface area contributed by atoms with Crippen LogP contribution < -0.4 is 10.9 Å². The molecular formula is C33H24BrClN2O4. The van der Waals surface area contributed by atoms with Gasteiger partial charge in [-0.3, -0.25) is 14.2 Å². The molecule has 0 saturated heterocycles. The molecule has 0 aliphatic carbocycles. The highest BCUT2D eigenvalue weighted by Gasteiger charge is 2.24. The van der Waals surface area contributed by atoms with Crippen LogP contribution in [0.2, 0.25) is 5.02 Å². The Labute approximate surface area is 250 Å². The molecule has 0 saturated carbocycles. The van der Waals surface area contributed by atoms with Gasteiger partial charge in [0.1, 0.15) is 11.7 Å². The molecule has 0 fully saturated rings. The van der Waals surface area contributed by atoms with Gasteiger partial charge in [0.15, 0.2) is 0 Å². The average molecular weight is 628 g/mol. The third-order valence-corrected chi connectivity index (χ3v) is 7.47. The summed E-state index contributed by atoms with van der Waals surface area (Å²) in [6.45, 7) is 0. The molecule has 41 heavy (non-hydrogen) atoms. The van der Waals surface area contributed by atoms with E-state index in [1.54, 1.807) is 42.5 Å². The van der Waals surface area contributed by atoms with E-state index in [0.717, 1.165) is 21.2 Å². The van der Waals surface area contributed by atoms with E-state index < -0.39 is 23.5 Å². The van der Waals surface area contributed by atoms with Crippen LogP contribution in [0, 0.1) is 0 Å². The quantitative estimate of drug-likeness (QED) is 0.184. The first-order valence-electron chi connectivity index (χ1n) is 12.7. The number of aliphatic carboxylic acids is 1. The fourth-order valence-electron chi connectivity index (χ4n) is 4.51. The summed E-state index contributed by atoms with van der Waals surface area (Å²) in [6, 6.07) is 31.4. The van der Waals surface area contributed by atoms with E-state index in [2.05, 4.69) is 21.2 Å². The molecule has 8 heteroatoms. The largest absolute Gasteiger partial charge is 0.480 e. The van der Waals surface area contributed by atoms with E-state index in [1.807, 2.05) is 66.7 Å². The third-order valence-electron chi connectivity index (χ3n) is 6.69. The molecule has 204 valence electrons. The number of carboxylic acid groups (broad SMARTS) is 1. The highest BCUT2D eigenvalue weighted by Crippen LogP contribution is 2.26. The summed E-state index contributed by atoms with van der Waals surface area (Å²) in [7, 11) is 0. The molecule has 1 heterocycles. The lowest BCUT2D eigenvalue weighted by Crippen LogP contribution is -2.33. The topological polar surface area (TPSA) is 88.4 Å². The fourth-order valence-corrected chi connectivity index (χ4v) is 4.90. The number of pyridine rings is 1. The Hall–Kier alpha value is -4.46. The Kier molecular flexibility index (Phi) is 8.47. The van der Waals surface area contributed by atoms with Gasteiger partial charge < -0.3 is 10.4 Å². The summed E-state index contributed by atoms with van der Waals surface area (Å²) < 4.78 is 2.04. The standard InChI is InChI=1S/C33H24BrClN2O4/c34-27-14-12-24(13-15-27)26-19-29(36-31(38)25-10-8-23(9-11-25)22-4-2-1-3-5-22)32(39)37(20-26)30(33(40)41)18-21-6-16-28(35)17-7-21/h1-17,19-20,30H,18H2,(H,36,38)(H,40,41). The Balaban J connectivity index is 1.52. The number of hydrogen-bond donors (Lipinski definition) is 2. The van der Waals surface area contributed by atoms with Crippen molar-refractivity contribution in [3.8, 4) is 22.3 Å². The Morgan fingerprint density at radius 1 is 0.805 bits per heavy atom. The molecule has 0 radical (unpaired) electrons. The normalized spacial score (nSPS) is 11.6. The van der Waals surface area contributed by atoms with Crippen LogP contribution in [0.25, 0.3) is 22.3 Å². The molecule has 0 spiro atoms. The van der Waals surface area contributed by atoms with Gasteiger partial charge in [-0.1, -0.05) is 94.3 Å². The molecule has 0 aliphatic rings. The summed E-state index contributed by atoms with van der Waals surface area (Å²) in [6.07, 6.45) is 1.56. The lowest BCUT2D eigenvalue weighted by atomic mass is 10.0. The summed E-state index contributed by atoms with van der Waals surface area (Å²) in [5.41, 5.74) is 3.71. The molecule has 1 atom stereocenters. The maximum absolute atomic E-state index is 13.7. The van der Waals surface area contributed by atoms with Crippen LogP contribution in [0.5, 0.6) is 0 Å². The molecule has 1 amide bonds. The minimum atomic E-state index is -1.22. The van der Waals surface area contributed by atoms with Crippen molar-refractivity contribution < 1.29 is 14.7 Å². The molecule has 0 aliphatic heterocycles. The molecule has 1 aromatic heterocycles. The van der Waals surface area contributed by atoms with E-state index in [-0.39, 0.29) is 12.1 Å². The van der Waals surface area contributed by atoms with Crippen molar-refractivity contribution in [2.24, 2.45) is 0 Å². The van der Waals surface area contributed by atoms with Crippen molar-refractivity contribution >= 4 is 45.1 Å². The second-order valence-electron chi connectivity index (χ2n) is 9.44. The summed E-state index contributed by atoms with van der Waals surface area (Å²) >= 11 is 9.42. The molecule has 6 nitrogen and oxygen atoms in total. The van der Waals surface area contributed by atoms with Gasteiger partial charge in [0.05, 0.1) is 0 Å². The van der Waals surface area contributed by atoms with E-state index in [9.17, 15) is 19.5 Å². The van der Waals surface area contributed by atoms with Gasteiger partial charge in [-0.2, -0.15) is 0 Å². The van der Waals surface area contributed by atoms with E-state index in [4.69, 9.17) is 11.6 Å². The number of aromatic nitrogens is 1. The smallest absolute Gasteiger partial charge is 0.327 e. The number of anilines is 1. The molecule has 1 unspecified atom stereocenters. The molecule has 5 aromatic rings. The fraction of sp³-hybridized carbons (Fsp3) is 0.0606.